The molecule has 1 N–H and O–H groups in total. The first-order valence-electron chi connectivity index (χ1n) is 10.1. The fraction of sp³-hybridized carbons (Fsp3) is 0.115. The molecule has 0 spiro atoms. The summed E-state index contributed by atoms with van der Waals surface area (Å²) in [6.45, 7) is 0. The van der Waals surface area contributed by atoms with E-state index >= 15 is 0 Å². The predicted molar refractivity (Wildman–Crippen MR) is 131 cm³/mol. The van der Waals surface area contributed by atoms with Crippen molar-refractivity contribution in [2.45, 2.75) is 16.9 Å². The summed E-state index contributed by atoms with van der Waals surface area (Å²) in [6, 6.07) is 24.8. The molecule has 1 amide bonds. The van der Waals surface area contributed by atoms with Crippen molar-refractivity contribution in [2.75, 3.05) is 0 Å². The van der Waals surface area contributed by atoms with Crippen LogP contribution < -0.4 is 32.5 Å². The number of allylic oxidation sites excluding steroid dienone is 1. The standard InChI is InChI=1S/C17H11.C7H7NO.2CH3.2ClH.H4Si.Ti/c1-3-8-14-12(6-1)13-7-2-4-9-15(13)17-11-5-10-16(14)17;8-7(9)6-4-2-1-3-5-6;;;;;;/h1-8,10H,11H2;1-5H,(H2,8,9);2*1H3;2*1H;1H4;/q;;;;;;;+3/p-3. The molecule has 0 saturated carbocycles. The van der Waals surface area contributed by atoms with Crippen LogP contribution in [0.4, 0.5) is 0 Å². The van der Waals surface area contributed by atoms with Crippen molar-refractivity contribution in [1.82, 2.24) is 3.80 Å². The van der Waals surface area contributed by atoms with Gasteiger partial charge in [0.1, 0.15) is 0 Å². The number of amides is 1. The van der Waals surface area contributed by atoms with Crippen LogP contribution in [0.3, 0.4) is 0 Å². The Morgan fingerprint density at radius 2 is 1.44 bits per heavy atom. The molecule has 0 radical (unpaired) electrons. The van der Waals surface area contributed by atoms with E-state index in [1.165, 1.54) is 36.5 Å². The van der Waals surface area contributed by atoms with Crippen molar-refractivity contribution in [2.24, 2.45) is 0 Å². The molecule has 0 saturated heterocycles. The summed E-state index contributed by atoms with van der Waals surface area (Å²) in [5, 5.41) is 9.82. The van der Waals surface area contributed by atoms with E-state index in [1.807, 2.05) is 30.3 Å². The summed E-state index contributed by atoms with van der Waals surface area (Å²) in [7, 11) is 0. The molecule has 0 heterocycles. The molecule has 5 rings (SSSR count). The Morgan fingerprint density at radius 1 is 0.812 bits per heavy atom. The molecule has 32 heavy (non-hydrogen) atoms. The van der Waals surface area contributed by atoms with Crippen molar-refractivity contribution < 1.29 is 46.5 Å². The quantitative estimate of drug-likeness (QED) is 0.257. The number of hydrogen-bond donors (Lipinski definition) is 1. The van der Waals surface area contributed by atoms with E-state index < -0.39 is 16.8 Å². The number of fused-ring (bicyclic) bond motifs is 6. The molecular formula is C26H27Cl2NOSiTi. The second kappa shape index (κ2) is 10.4. The van der Waals surface area contributed by atoms with Gasteiger partial charge in [-0.05, 0) is 11.0 Å². The number of hydrogen-bond acceptors (Lipinski definition) is 1. The zero-order valence-electron chi connectivity index (χ0n) is 17.5. The molecule has 1 aliphatic rings. The Morgan fingerprint density at radius 3 is 2.16 bits per heavy atom. The zero-order chi connectivity index (χ0) is 20.0. The molecule has 164 valence electrons. The van der Waals surface area contributed by atoms with Gasteiger partial charge < -0.3 is 24.8 Å². The van der Waals surface area contributed by atoms with Gasteiger partial charge in [0.15, 0.2) is 0 Å². The van der Waals surface area contributed by atoms with Crippen LogP contribution in [-0.2, 0) is 23.3 Å². The van der Waals surface area contributed by atoms with Crippen LogP contribution in [0.2, 0.25) is 10.5 Å². The second-order valence-corrected chi connectivity index (χ2v) is 14.5. The summed E-state index contributed by atoms with van der Waals surface area (Å²) < 4.78 is 4.79. The Kier molecular flexibility index (Phi) is 8.55. The van der Waals surface area contributed by atoms with Gasteiger partial charge >= 0.3 is 175 Å². The van der Waals surface area contributed by atoms with E-state index in [0.29, 0.717) is 0 Å². The number of rotatable bonds is 3. The molecule has 0 atom stereocenters. The Labute approximate surface area is 210 Å². The van der Waals surface area contributed by atoms with Crippen LogP contribution in [0.15, 0.2) is 78.9 Å². The fourth-order valence-corrected chi connectivity index (χ4v) is 8.13. The monoisotopic (exact) mass is 515 g/mol. The first kappa shape index (κ1) is 26.4. The third-order valence-electron chi connectivity index (χ3n) is 5.94. The molecule has 4 aromatic rings. The van der Waals surface area contributed by atoms with Gasteiger partial charge in [0.2, 0.25) is 0 Å². The average molecular weight is 516 g/mol. The van der Waals surface area contributed by atoms with Crippen molar-refractivity contribution in [3.05, 3.63) is 95.6 Å². The summed E-state index contributed by atoms with van der Waals surface area (Å²) in [4.78, 5) is 12.9. The van der Waals surface area contributed by atoms with E-state index in [-0.39, 0.29) is 41.7 Å². The minimum atomic E-state index is -2.86. The minimum absolute atomic E-state index is 0. The second-order valence-electron chi connectivity index (χ2n) is 8.22. The van der Waals surface area contributed by atoms with Crippen molar-refractivity contribution in [3.63, 3.8) is 0 Å². The number of nitrogens with one attached hydrogen (secondary N) is 1. The maximum Gasteiger partial charge on any atom is -0.0149 e. The fourth-order valence-electron chi connectivity index (χ4n) is 4.58. The van der Waals surface area contributed by atoms with Crippen LogP contribution in [0.5, 0.6) is 0 Å². The third-order valence-corrected chi connectivity index (χ3v) is 10.0. The number of carbonyl (C=O) groups is 1. The van der Waals surface area contributed by atoms with E-state index in [9.17, 15) is 4.79 Å². The largest absolute Gasteiger partial charge is 1.00 e. The maximum absolute atomic E-state index is 12.9. The van der Waals surface area contributed by atoms with Gasteiger partial charge in [-0.2, -0.15) is 0 Å². The molecule has 0 unspecified atom stereocenters. The molecular weight excluding hydrogens is 489 g/mol. The molecule has 0 aliphatic heterocycles. The third kappa shape index (κ3) is 4.46. The molecule has 4 aromatic carbocycles. The van der Waals surface area contributed by atoms with E-state index in [0.717, 1.165) is 12.0 Å². The molecule has 2 nitrogen and oxygen atoms in total. The van der Waals surface area contributed by atoms with Gasteiger partial charge in [-0.1, -0.05) is 0 Å². The smallest absolute Gasteiger partial charge is 0.0149 e. The summed E-state index contributed by atoms with van der Waals surface area (Å²) in [5.74, 6) is 0.0307. The van der Waals surface area contributed by atoms with Crippen molar-refractivity contribution in [3.8, 4) is 0 Å². The SMILES string of the molecule is [CH3][Ti+2]([CH3])([NH]C(=O)c1ccccc1)[c]1cccc2c1c1c(c3ccccc32)C=CC1.[Cl-].[Cl-].[SiH4]. The first-order chi connectivity index (χ1) is 14.1. The van der Waals surface area contributed by atoms with Crippen molar-refractivity contribution in [1.29, 1.82) is 0 Å². The average Bonchev–Trinajstić information content (AvgIpc) is 3.24. The van der Waals surface area contributed by atoms with Gasteiger partial charge in [-0.3, -0.25) is 0 Å². The van der Waals surface area contributed by atoms with Crippen LogP contribution in [-0.4, -0.2) is 16.9 Å². The number of carbonyl (C=O) groups excluding carboxylic acids is 1. The normalized spacial score (nSPS) is 11.3. The van der Waals surface area contributed by atoms with Gasteiger partial charge in [-0.15, -0.1) is 0 Å². The van der Waals surface area contributed by atoms with Gasteiger partial charge in [0.25, 0.3) is 0 Å². The molecule has 6 heteroatoms. The molecule has 0 bridgehead atoms. The van der Waals surface area contributed by atoms with Crippen LogP contribution >= 0.6 is 0 Å². The van der Waals surface area contributed by atoms with E-state index in [4.69, 9.17) is 0 Å². The predicted octanol–water partition coefficient (Wildman–Crippen LogP) is -1.66. The Hall–Kier alpha value is -1.88. The van der Waals surface area contributed by atoms with Gasteiger partial charge in [0.05, 0.1) is 0 Å². The summed E-state index contributed by atoms with van der Waals surface area (Å²) >= 11 is -2.86. The topological polar surface area (TPSA) is 29.1 Å². The van der Waals surface area contributed by atoms with E-state index in [1.54, 1.807) is 0 Å². The van der Waals surface area contributed by atoms with Crippen molar-refractivity contribution >= 4 is 48.4 Å². The molecule has 0 fully saturated rings. The van der Waals surface area contributed by atoms with Gasteiger partial charge in [0, 0.05) is 0 Å². The Balaban J connectivity index is 0.00000121. The maximum atomic E-state index is 12.9. The number of halogens is 2. The minimum Gasteiger partial charge on any atom is -1.00 e. The Bertz CT molecular complexity index is 1310. The zero-order valence-corrected chi connectivity index (χ0v) is 20.5. The first-order valence-corrected chi connectivity index (χ1v) is 14.8. The molecule has 1 aliphatic carbocycles. The van der Waals surface area contributed by atoms with Gasteiger partial charge in [-0.25, -0.2) is 0 Å². The number of benzene rings is 4. The van der Waals surface area contributed by atoms with Crippen LogP contribution in [0, 0.1) is 0 Å². The van der Waals surface area contributed by atoms with Crippen LogP contribution in [0.1, 0.15) is 21.5 Å². The summed E-state index contributed by atoms with van der Waals surface area (Å²) in [6.07, 6.45) is 5.48. The van der Waals surface area contributed by atoms with Crippen LogP contribution in [0.25, 0.3) is 27.6 Å². The summed E-state index contributed by atoms with van der Waals surface area (Å²) in [5.41, 5.74) is 3.47. The molecule has 0 aromatic heterocycles. The van der Waals surface area contributed by atoms with E-state index in [2.05, 4.69) is 68.9 Å².